The minimum absolute atomic E-state index is 0.281. The van der Waals surface area contributed by atoms with E-state index in [1.807, 2.05) is 36.4 Å². The van der Waals surface area contributed by atoms with Crippen LogP contribution in [0.15, 0.2) is 72.8 Å². The van der Waals surface area contributed by atoms with Crippen molar-refractivity contribution in [2.24, 2.45) is 5.92 Å². The van der Waals surface area contributed by atoms with Crippen molar-refractivity contribution < 1.29 is 27.8 Å². The lowest BCUT2D eigenvalue weighted by Gasteiger charge is -2.33. The Morgan fingerprint density at radius 1 is 0.781 bits per heavy atom. The Balaban J connectivity index is 1.26. The van der Waals surface area contributed by atoms with Crippen molar-refractivity contribution in [2.75, 3.05) is 18.0 Å². The molecule has 0 aliphatic carbocycles. The highest BCUT2D eigenvalue weighted by molar-refractivity contribution is 5.49. The molecule has 1 heterocycles. The molecule has 0 aromatic heterocycles. The van der Waals surface area contributed by atoms with Crippen LogP contribution in [0.3, 0.4) is 0 Å². The Hall–Kier alpha value is -3.35. The van der Waals surface area contributed by atoms with Gasteiger partial charge < -0.3 is 19.5 Å². The second-order valence-electron chi connectivity index (χ2n) is 7.92. The highest BCUT2D eigenvalue weighted by atomic mass is 19.4. The summed E-state index contributed by atoms with van der Waals surface area (Å²) in [5.74, 6) is 1.67. The average Bonchev–Trinajstić information content (AvgIpc) is 2.77. The molecule has 1 saturated heterocycles. The van der Waals surface area contributed by atoms with Gasteiger partial charge in [-0.3, -0.25) is 0 Å². The molecule has 1 N–H and O–H groups in total. The number of nitrogens with zero attached hydrogens (tertiary/aromatic N) is 1. The predicted octanol–water partition coefficient (Wildman–Crippen LogP) is 6.54. The minimum Gasteiger partial charge on any atom is -0.508 e. The molecule has 3 aromatic carbocycles. The van der Waals surface area contributed by atoms with Gasteiger partial charge in [-0.2, -0.15) is 0 Å². The van der Waals surface area contributed by atoms with Crippen LogP contribution in [0.4, 0.5) is 18.9 Å². The largest absolute Gasteiger partial charge is 0.573 e. The van der Waals surface area contributed by atoms with Crippen LogP contribution in [0.5, 0.6) is 23.0 Å². The summed E-state index contributed by atoms with van der Waals surface area (Å²) in [5, 5.41) is 9.44. The second-order valence-corrected chi connectivity index (χ2v) is 7.92. The predicted molar refractivity (Wildman–Crippen MR) is 116 cm³/mol. The molecule has 3 aromatic rings. The number of ether oxygens (including phenoxy) is 2. The van der Waals surface area contributed by atoms with Gasteiger partial charge in [-0.05, 0) is 91.4 Å². The van der Waals surface area contributed by atoms with E-state index in [1.165, 1.54) is 29.8 Å². The number of aromatic hydroxyl groups is 1. The van der Waals surface area contributed by atoms with Gasteiger partial charge in [0, 0.05) is 18.8 Å². The first-order chi connectivity index (χ1) is 15.3. The number of anilines is 1. The van der Waals surface area contributed by atoms with Crippen LogP contribution in [0.25, 0.3) is 0 Å². The van der Waals surface area contributed by atoms with Crippen LogP contribution in [0.1, 0.15) is 18.4 Å². The van der Waals surface area contributed by atoms with Gasteiger partial charge >= 0.3 is 6.36 Å². The third kappa shape index (κ3) is 6.09. The molecule has 7 heteroatoms. The topological polar surface area (TPSA) is 41.9 Å². The lowest BCUT2D eigenvalue weighted by Crippen LogP contribution is -2.34. The number of phenolic OH excluding ortho intramolecular Hbond substituents is 1. The third-order valence-corrected chi connectivity index (χ3v) is 5.57. The fourth-order valence-corrected chi connectivity index (χ4v) is 3.93. The summed E-state index contributed by atoms with van der Waals surface area (Å²) in [6.45, 7) is 1.98. The molecule has 1 aliphatic rings. The highest BCUT2D eigenvalue weighted by Crippen LogP contribution is 2.29. The van der Waals surface area contributed by atoms with Gasteiger partial charge in [-0.1, -0.05) is 12.1 Å². The maximum Gasteiger partial charge on any atom is 0.573 e. The first kappa shape index (κ1) is 21.9. The minimum atomic E-state index is -4.71. The number of alkyl halides is 3. The number of piperidine rings is 1. The van der Waals surface area contributed by atoms with Crippen molar-refractivity contribution in [2.45, 2.75) is 25.6 Å². The van der Waals surface area contributed by atoms with E-state index < -0.39 is 6.36 Å². The first-order valence-corrected chi connectivity index (χ1v) is 10.5. The van der Waals surface area contributed by atoms with Gasteiger partial charge in [-0.25, -0.2) is 0 Å². The van der Waals surface area contributed by atoms with Crippen molar-refractivity contribution in [1.82, 2.24) is 0 Å². The number of rotatable bonds is 6. The Labute approximate surface area is 184 Å². The van der Waals surface area contributed by atoms with Crippen LogP contribution in [-0.4, -0.2) is 24.6 Å². The molecular formula is C25H24F3NO3. The van der Waals surface area contributed by atoms with E-state index in [0.717, 1.165) is 38.0 Å². The van der Waals surface area contributed by atoms with Crippen LogP contribution in [0.2, 0.25) is 0 Å². The number of halogens is 3. The van der Waals surface area contributed by atoms with Gasteiger partial charge in [0.1, 0.15) is 23.0 Å². The molecule has 0 radical (unpaired) electrons. The van der Waals surface area contributed by atoms with Crippen LogP contribution >= 0.6 is 0 Å². The zero-order valence-corrected chi connectivity index (χ0v) is 17.4. The van der Waals surface area contributed by atoms with E-state index in [-0.39, 0.29) is 11.5 Å². The number of phenols is 1. The van der Waals surface area contributed by atoms with Crippen molar-refractivity contribution in [1.29, 1.82) is 0 Å². The molecule has 1 fully saturated rings. The molecule has 0 bridgehead atoms. The van der Waals surface area contributed by atoms with E-state index >= 15 is 0 Å². The summed E-state index contributed by atoms with van der Waals surface area (Å²) in [6.07, 6.45) is -1.51. The Morgan fingerprint density at radius 2 is 1.31 bits per heavy atom. The summed E-state index contributed by atoms with van der Waals surface area (Å²) in [7, 11) is 0. The summed E-state index contributed by atoms with van der Waals surface area (Å²) in [4.78, 5) is 2.35. The van der Waals surface area contributed by atoms with Crippen molar-refractivity contribution in [3.05, 3.63) is 78.4 Å². The Morgan fingerprint density at radius 3 is 1.88 bits per heavy atom. The molecule has 0 spiro atoms. The van der Waals surface area contributed by atoms with E-state index in [9.17, 15) is 18.3 Å². The van der Waals surface area contributed by atoms with Crippen LogP contribution in [-0.2, 0) is 6.42 Å². The SMILES string of the molecule is Oc1ccc(N2CCC(Cc3ccc(Oc4ccc(OC(F)(F)F)cc4)cc3)CC2)cc1. The summed E-state index contributed by atoms with van der Waals surface area (Å²) < 4.78 is 46.3. The Kier molecular flexibility index (Phi) is 6.44. The van der Waals surface area contributed by atoms with E-state index in [2.05, 4.69) is 9.64 Å². The molecule has 168 valence electrons. The lowest BCUT2D eigenvalue weighted by atomic mass is 9.90. The smallest absolute Gasteiger partial charge is 0.508 e. The quantitative estimate of drug-likeness (QED) is 0.470. The van der Waals surface area contributed by atoms with Crippen molar-refractivity contribution in [3.8, 4) is 23.0 Å². The summed E-state index contributed by atoms with van der Waals surface area (Å²) >= 11 is 0. The number of hydrogen-bond acceptors (Lipinski definition) is 4. The highest BCUT2D eigenvalue weighted by Gasteiger charge is 2.31. The monoisotopic (exact) mass is 443 g/mol. The first-order valence-electron chi connectivity index (χ1n) is 10.5. The number of benzene rings is 3. The van der Waals surface area contributed by atoms with E-state index in [4.69, 9.17) is 4.74 Å². The normalized spacial score (nSPS) is 14.9. The average molecular weight is 443 g/mol. The fraction of sp³-hybridized carbons (Fsp3) is 0.280. The van der Waals surface area contributed by atoms with Gasteiger partial charge in [0.25, 0.3) is 0 Å². The van der Waals surface area contributed by atoms with Gasteiger partial charge in [0.2, 0.25) is 0 Å². The lowest BCUT2D eigenvalue weighted by molar-refractivity contribution is -0.274. The molecule has 0 unspecified atom stereocenters. The van der Waals surface area contributed by atoms with Crippen LogP contribution < -0.4 is 14.4 Å². The van der Waals surface area contributed by atoms with Gasteiger partial charge in [0.15, 0.2) is 0 Å². The van der Waals surface area contributed by atoms with Gasteiger partial charge in [0.05, 0.1) is 0 Å². The molecule has 4 rings (SSSR count). The third-order valence-electron chi connectivity index (χ3n) is 5.57. The molecule has 32 heavy (non-hydrogen) atoms. The summed E-state index contributed by atoms with van der Waals surface area (Å²) in [5.41, 5.74) is 2.37. The molecule has 0 amide bonds. The molecule has 0 saturated carbocycles. The van der Waals surface area contributed by atoms with Crippen molar-refractivity contribution >= 4 is 5.69 Å². The molecular weight excluding hydrogens is 419 g/mol. The number of hydrogen-bond donors (Lipinski definition) is 1. The van der Waals surface area contributed by atoms with Crippen molar-refractivity contribution in [3.63, 3.8) is 0 Å². The molecule has 4 nitrogen and oxygen atoms in total. The zero-order chi connectivity index (χ0) is 22.6. The Bertz CT molecular complexity index is 995. The molecule has 1 aliphatic heterocycles. The fourth-order valence-electron chi connectivity index (χ4n) is 3.93. The second kappa shape index (κ2) is 9.42. The van der Waals surface area contributed by atoms with E-state index in [0.29, 0.717) is 17.4 Å². The standard InChI is InChI=1S/C25H24F3NO3/c26-25(27,28)32-24-11-9-23(10-12-24)31-22-7-1-18(2-8-22)17-19-13-15-29(16-14-19)20-3-5-21(30)6-4-20/h1-12,19,30H,13-17H2. The summed E-state index contributed by atoms with van der Waals surface area (Å²) in [6, 6.07) is 20.5. The van der Waals surface area contributed by atoms with E-state index in [1.54, 1.807) is 12.1 Å². The van der Waals surface area contributed by atoms with Gasteiger partial charge in [-0.15, -0.1) is 13.2 Å². The van der Waals surface area contributed by atoms with Crippen LogP contribution in [0, 0.1) is 5.92 Å². The zero-order valence-electron chi connectivity index (χ0n) is 17.4. The maximum absolute atomic E-state index is 12.2. The molecule has 0 atom stereocenters. The maximum atomic E-state index is 12.2.